The van der Waals surface area contributed by atoms with E-state index in [-0.39, 0.29) is 0 Å². The maximum Gasteiger partial charge on any atom is 0.0412 e. The lowest BCUT2D eigenvalue weighted by molar-refractivity contribution is 0.764. The van der Waals surface area contributed by atoms with Crippen LogP contribution in [-0.4, -0.2) is 13.1 Å². The highest BCUT2D eigenvalue weighted by atomic mass is 35.5. The van der Waals surface area contributed by atoms with Crippen molar-refractivity contribution in [1.82, 2.24) is 5.32 Å². The Labute approximate surface area is 119 Å². The van der Waals surface area contributed by atoms with Crippen LogP contribution in [0, 0.1) is 6.92 Å². The lowest BCUT2D eigenvalue weighted by Crippen LogP contribution is -2.08. The third-order valence-electron chi connectivity index (χ3n) is 3.84. The zero-order valence-corrected chi connectivity index (χ0v) is 11.9. The highest BCUT2D eigenvalue weighted by molar-refractivity contribution is 6.30. The summed E-state index contributed by atoms with van der Waals surface area (Å²) in [6.07, 6.45) is 1.22. The third kappa shape index (κ3) is 2.68. The first-order valence-electron chi connectivity index (χ1n) is 6.81. The summed E-state index contributed by atoms with van der Waals surface area (Å²) in [6.45, 7) is 4.36. The van der Waals surface area contributed by atoms with Gasteiger partial charge in [0.1, 0.15) is 0 Å². The molecule has 1 atom stereocenters. The Morgan fingerprint density at radius 1 is 1.16 bits per heavy atom. The van der Waals surface area contributed by atoms with Gasteiger partial charge < -0.3 is 5.32 Å². The van der Waals surface area contributed by atoms with Crippen LogP contribution in [0.3, 0.4) is 0 Å². The molecule has 1 unspecified atom stereocenters. The van der Waals surface area contributed by atoms with E-state index >= 15 is 0 Å². The van der Waals surface area contributed by atoms with Gasteiger partial charge in [0.2, 0.25) is 0 Å². The molecule has 2 aromatic carbocycles. The fourth-order valence-corrected chi connectivity index (χ4v) is 3.05. The average molecular weight is 272 g/mol. The number of hydrogen-bond acceptors (Lipinski definition) is 1. The normalized spacial score (nSPS) is 18.7. The molecule has 1 aliphatic rings. The number of aryl methyl sites for hydroxylation is 1. The highest BCUT2D eigenvalue weighted by Crippen LogP contribution is 2.34. The molecule has 98 valence electrons. The molecule has 1 aliphatic heterocycles. The molecule has 1 N–H and O–H groups in total. The summed E-state index contributed by atoms with van der Waals surface area (Å²) in [5, 5.41) is 4.25. The first kappa shape index (κ1) is 12.7. The molecule has 0 radical (unpaired) electrons. The lowest BCUT2D eigenvalue weighted by atomic mass is 9.89. The zero-order chi connectivity index (χ0) is 13.2. The van der Waals surface area contributed by atoms with E-state index in [9.17, 15) is 0 Å². The second-order valence-electron chi connectivity index (χ2n) is 5.29. The van der Waals surface area contributed by atoms with E-state index < -0.39 is 0 Å². The Morgan fingerprint density at radius 2 is 2.05 bits per heavy atom. The molecule has 0 amide bonds. The van der Waals surface area contributed by atoms with Gasteiger partial charge in [-0.25, -0.2) is 0 Å². The Balaban J connectivity index is 2.09. The molecule has 19 heavy (non-hydrogen) atoms. The van der Waals surface area contributed by atoms with Crippen molar-refractivity contribution < 1.29 is 0 Å². The molecular weight excluding hydrogens is 254 g/mol. The quantitative estimate of drug-likeness (QED) is 0.854. The Kier molecular flexibility index (Phi) is 3.58. The van der Waals surface area contributed by atoms with Crippen LogP contribution in [0.25, 0.3) is 11.1 Å². The topological polar surface area (TPSA) is 12.0 Å². The van der Waals surface area contributed by atoms with E-state index in [4.69, 9.17) is 11.6 Å². The van der Waals surface area contributed by atoms with Crippen LogP contribution in [0.1, 0.15) is 23.5 Å². The Morgan fingerprint density at radius 3 is 2.79 bits per heavy atom. The third-order valence-corrected chi connectivity index (χ3v) is 4.08. The number of halogens is 1. The summed E-state index contributed by atoms with van der Waals surface area (Å²) in [7, 11) is 0. The van der Waals surface area contributed by atoms with Crippen molar-refractivity contribution in [2.75, 3.05) is 13.1 Å². The minimum absolute atomic E-state index is 0.619. The summed E-state index contributed by atoms with van der Waals surface area (Å²) in [5.74, 6) is 0.619. The van der Waals surface area contributed by atoms with E-state index in [0.717, 1.165) is 18.1 Å². The summed E-state index contributed by atoms with van der Waals surface area (Å²) in [6, 6.07) is 14.9. The summed E-state index contributed by atoms with van der Waals surface area (Å²) < 4.78 is 0. The summed E-state index contributed by atoms with van der Waals surface area (Å²) in [5.41, 5.74) is 5.32. The van der Waals surface area contributed by atoms with E-state index in [2.05, 4.69) is 42.6 Å². The Bertz CT molecular complexity index is 586. The summed E-state index contributed by atoms with van der Waals surface area (Å²) >= 11 is 6.13. The molecular formula is C17H18ClN. The average Bonchev–Trinajstić information content (AvgIpc) is 2.92. The van der Waals surface area contributed by atoms with E-state index in [0.29, 0.717) is 5.92 Å². The van der Waals surface area contributed by atoms with Gasteiger partial charge in [-0.3, -0.25) is 0 Å². The van der Waals surface area contributed by atoms with E-state index in [1.807, 2.05) is 12.1 Å². The largest absolute Gasteiger partial charge is 0.316 e. The molecule has 0 saturated carbocycles. The van der Waals surface area contributed by atoms with Crippen molar-refractivity contribution in [2.45, 2.75) is 19.3 Å². The van der Waals surface area contributed by atoms with Gasteiger partial charge in [0, 0.05) is 11.6 Å². The van der Waals surface area contributed by atoms with Crippen molar-refractivity contribution in [3.05, 3.63) is 58.6 Å². The number of benzene rings is 2. The molecule has 3 rings (SSSR count). The van der Waals surface area contributed by atoms with E-state index in [1.54, 1.807) is 0 Å². The number of hydrogen-bond donors (Lipinski definition) is 1. The van der Waals surface area contributed by atoms with Gasteiger partial charge in [0.25, 0.3) is 0 Å². The van der Waals surface area contributed by atoms with Gasteiger partial charge in [0.15, 0.2) is 0 Å². The second-order valence-corrected chi connectivity index (χ2v) is 5.73. The highest BCUT2D eigenvalue weighted by Gasteiger charge is 2.20. The standard InChI is InChI=1S/C17H18ClN/c1-12-5-6-16(13-3-2-4-15(18)10-13)17(9-12)14-7-8-19-11-14/h2-6,9-10,14,19H,7-8,11H2,1H3. The van der Waals surface area contributed by atoms with Crippen molar-refractivity contribution in [2.24, 2.45) is 0 Å². The predicted octanol–water partition coefficient (Wildman–Crippen LogP) is 4.39. The molecule has 1 heterocycles. The second kappa shape index (κ2) is 5.36. The molecule has 1 nitrogen and oxygen atoms in total. The number of nitrogens with one attached hydrogen (secondary N) is 1. The van der Waals surface area contributed by atoms with Crippen molar-refractivity contribution in [1.29, 1.82) is 0 Å². The van der Waals surface area contributed by atoms with Gasteiger partial charge in [-0.2, -0.15) is 0 Å². The molecule has 0 aromatic heterocycles. The maximum atomic E-state index is 6.13. The number of rotatable bonds is 2. The van der Waals surface area contributed by atoms with Crippen LogP contribution in [-0.2, 0) is 0 Å². The van der Waals surface area contributed by atoms with Gasteiger partial charge in [-0.15, -0.1) is 0 Å². The zero-order valence-electron chi connectivity index (χ0n) is 11.1. The fourth-order valence-electron chi connectivity index (χ4n) is 2.86. The van der Waals surface area contributed by atoms with Crippen LogP contribution in [0.2, 0.25) is 5.02 Å². The lowest BCUT2D eigenvalue weighted by Gasteiger charge is -2.16. The molecule has 1 saturated heterocycles. The summed E-state index contributed by atoms with van der Waals surface area (Å²) in [4.78, 5) is 0. The minimum atomic E-state index is 0.619. The molecule has 0 spiro atoms. The first-order valence-corrected chi connectivity index (χ1v) is 7.19. The molecule has 1 fully saturated rings. The van der Waals surface area contributed by atoms with Crippen LogP contribution in [0.5, 0.6) is 0 Å². The van der Waals surface area contributed by atoms with Crippen LogP contribution < -0.4 is 5.32 Å². The van der Waals surface area contributed by atoms with Crippen LogP contribution >= 0.6 is 11.6 Å². The molecule has 0 bridgehead atoms. The van der Waals surface area contributed by atoms with Crippen LogP contribution in [0.15, 0.2) is 42.5 Å². The molecule has 0 aliphatic carbocycles. The minimum Gasteiger partial charge on any atom is -0.316 e. The van der Waals surface area contributed by atoms with Gasteiger partial charge in [-0.05, 0) is 54.6 Å². The van der Waals surface area contributed by atoms with Crippen molar-refractivity contribution in [3.63, 3.8) is 0 Å². The Hall–Kier alpha value is -1.31. The monoisotopic (exact) mass is 271 g/mol. The van der Waals surface area contributed by atoms with Gasteiger partial charge >= 0.3 is 0 Å². The van der Waals surface area contributed by atoms with Crippen molar-refractivity contribution in [3.8, 4) is 11.1 Å². The maximum absolute atomic E-state index is 6.13. The first-order chi connectivity index (χ1) is 9.24. The van der Waals surface area contributed by atoms with Gasteiger partial charge in [-0.1, -0.05) is 47.5 Å². The molecule has 2 aromatic rings. The van der Waals surface area contributed by atoms with Crippen molar-refractivity contribution >= 4 is 11.6 Å². The van der Waals surface area contributed by atoms with Crippen LogP contribution in [0.4, 0.5) is 0 Å². The van der Waals surface area contributed by atoms with Gasteiger partial charge in [0.05, 0.1) is 0 Å². The molecule has 2 heteroatoms. The fraction of sp³-hybridized carbons (Fsp3) is 0.294. The van der Waals surface area contributed by atoms with E-state index in [1.165, 1.54) is 28.7 Å². The SMILES string of the molecule is Cc1ccc(-c2cccc(Cl)c2)c(C2CCNC2)c1. The predicted molar refractivity (Wildman–Crippen MR) is 81.9 cm³/mol. The smallest absolute Gasteiger partial charge is 0.0412 e.